The Labute approximate surface area is 127 Å². The Morgan fingerprint density at radius 3 is 2.73 bits per heavy atom. The van der Waals surface area contributed by atoms with Crippen LogP contribution in [0.5, 0.6) is 0 Å². The van der Waals surface area contributed by atoms with Crippen LogP contribution >= 0.6 is 0 Å². The number of tetrazole rings is 1. The summed E-state index contributed by atoms with van der Waals surface area (Å²) >= 11 is 0. The third-order valence-corrected chi connectivity index (χ3v) is 4.88. The molecule has 0 saturated carbocycles. The van der Waals surface area contributed by atoms with Gasteiger partial charge in [-0.2, -0.15) is 0 Å². The highest BCUT2D eigenvalue weighted by Crippen LogP contribution is 2.22. The highest BCUT2D eigenvalue weighted by Gasteiger charge is 2.22. The van der Waals surface area contributed by atoms with Crippen molar-refractivity contribution in [1.82, 2.24) is 25.2 Å². The van der Waals surface area contributed by atoms with Gasteiger partial charge in [0.1, 0.15) is 6.33 Å². The van der Waals surface area contributed by atoms with E-state index in [9.17, 15) is 8.42 Å². The molecule has 0 fully saturated rings. The van der Waals surface area contributed by atoms with Crippen LogP contribution in [0.1, 0.15) is 0 Å². The SMILES string of the molecule is CN(c1cccnc1)S(=O)(=O)c1cccc(-n2cnnn2)c1. The molecule has 3 rings (SSSR count). The zero-order chi connectivity index (χ0) is 15.6. The number of nitrogens with zero attached hydrogens (tertiary/aromatic N) is 6. The Bertz CT molecular complexity index is 865. The van der Waals surface area contributed by atoms with Crippen LogP contribution in [0, 0.1) is 0 Å². The summed E-state index contributed by atoms with van der Waals surface area (Å²) in [6.07, 6.45) is 4.47. The van der Waals surface area contributed by atoms with Crippen molar-refractivity contribution in [3.8, 4) is 5.69 Å². The van der Waals surface area contributed by atoms with E-state index in [1.54, 1.807) is 30.5 Å². The van der Waals surface area contributed by atoms with Gasteiger partial charge in [0.2, 0.25) is 0 Å². The maximum Gasteiger partial charge on any atom is 0.264 e. The fraction of sp³-hybridized carbons (Fsp3) is 0.0769. The average molecular weight is 316 g/mol. The standard InChI is InChI=1S/C13H12N6O2S/c1-18(12-5-3-7-14-9-12)22(20,21)13-6-2-4-11(8-13)19-10-15-16-17-19/h2-10H,1H3. The highest BCUT2D eigenvalue weighted by molar-refractivity contribution is 7.92. The molecule has 8 nitrogen and oxygen atoms in total. The molecule has 22 heavy (non-hydrogen) atoms. The lowest BCUT2D eigenvalue weighted by Gasteiger charge is -2.19. The van der Waals surface area contributed by atoms with Crippen molar-refractivity contribution in [3.05, 3.63) is 55.1 Å². The van der Waals surface area contributed by atoms with Crippen molar-refractivity contribution in [2.75, 3.05) is 11.4 Å². The van der Waals surface area contributed by atoms with Crippen LogP contribution in [0.25, 0.3) is 5.69 Å². The molecule has 9 heteroatoms. The molecule has 2 heterocycles. The lowest BCUT2D eigenvalue weighted by molar-refractivity contribution is 0.594. The zero-order valence-electron chi connectivity index (χ0n) is 11.6. The Morgan fingerprint density at radius 1 is 1.18 bits per heavy atom. The first kappa shape index (κ1) is 14.1. The minimum Gasteiger partial charge on any atom is -0.268 e. The molecule has 0 spiro atoms. The summed E-state index contributed by atoms with van der Waals surface area (Å²) in [7, 11) is -2.21. The van der Waals surface area contributed by atoms with Crippen molar-refractivity contribution in [2.45, 2.75) is 4.90 Å². The minimum absolute atomic E-state index is 0.145. The molecular formula is C13H12N6O2S. The summed E-state index contributed by atoms with van der Waals surface area (Å²) in [5.41, 5.74) is 1.04. The van der Waals surface area contributed by atoms with Crippen molar-refractivity contribution < 1.29 is 8.42 Å². The fourth-order valence-corrected chi connectivity index (χ4v) is 3.12. The molecule has 2 aromatic heterocycles. The number of hydrogen-bond donors (Lipinski definition) is 0. The summed E-state index contributed by atoms with van der Waals surface area (Å²) in [6, 6.07) is 9.75. The van der Waals surface area contributed by atoms with Gasteiger partial charge in [-0.05, 0) is 40.8 Å². The van der Waals surface area contributed by atoms with Crippen molar-refractivity contribution in [2.24, 2.45) is 0 Å². The van der Waals surface area contributed by atoms with Gasteiger partial charge >= 0.3 is 0 Å². The molecule has 3 aromatic rings. The zero-order valence-corrected chi connectivity index (χ0v) is 12.4. The van der Waals surface area contributed by atoms with Crippen LogP contribution in [-0.4, -0.2) is 40.7 Å². The fourth-order valence-electron chi connectivity index (χ4n) is 1.90. The molecule has 0 aliphatic heterocycles. The van der Waals surface area contributed by atoms with Gasteiger partial charge in [0.15, 0.2) is 0 Å². The number of rotatable bonds is 4. The Morgan fingerprint density at radius 2 is 2.05 bits per heavy atom. The first-order valence-corrected chi connectivity index (χ1v) is 7.75. The average Bonchev–Trinajstić information content (AvgIpc) is 3.09. The van der Waals surface area contributed by atoms with E-state index in [1.807, 2.05) is 0 Å². The van der Waals surface area contributed by atoms with E-state index in [2.05, 4.69) is 20.5 Å². The molecule has 0 amide bonds. The van der Waals surface area contributed by atoms with Gasteiger partial charge in [-0.15, -0.1) is 5.10 Å². The summed E-state index contributed by atoms with van der Waals surface area (Å²) < 4.78 is 28.0. The van der Waals surface area contributed by atoms with Crippen molar-refractivity contribution in [1.29, 1.82) is 0 Å². The molecule has 0 unspecified atom stereocenters. The number of anilines is 1. The molecule has 0 bridgehead atoms. The second kappa shape index (κ2) is 5.53. The van der Waals surface area contributed by atoms with E-state index >= 15 is 0 Å². The van der Waals surface area contributed by atoms with E-state index in [4.69, 9.17) is 0 Å². The topological polar surface area (TPSA) is 93.9 Å². The molecule has 0 saturated heterocycles. The Kier molecular flexibility index (Phi) is 3.55. The normalized spacial score (nSPS) is 11.3. The van der Waals surface area contributed by atoms with E-state index in [1.165, 1.54) is 40.7 Å². The van der Waals surface area contributed by atoms with Gasteiger partial charge in [0.25, 0.3) is 10.0 Å². The smallest absolute Gasteiger partial charge is 0.264 e. The first-order chi connectivity index (χ1) is 10.6. The third kappa shape index (κ3) is 2.53. The van der Waals surface area contributed by atoms with E-state index < -0.39 is 10.0 Å². The van der Waals surface area contributed by atoms with Crippen molar-refractivity contribution >= 4 is 15.7 Å². The molecule has 0 radical (unpaired) electrons. The van der Waals surface area contributed by atoms with Crippen LogP contribution in [0.4, 0.5) is 5.69 Å². The van der Waals surface area contributed by atoms with Crippen LogP contribution in [0.2, 0.25) is 0 Å². The lowest BCUT2D eigenvalue weighted by atomic mass is 10.3. The monoisotopic (exact) mass is 316 g/mol. The number of aromatic nitrogens is 5. The number of pyridine rings is 1. The van der Waals surface area contributed by atoms with Crippen LogP contribution in [0.15, 0.2) is 60.0 Å². The Balaban J connectivity index is 2.01. The summed E-state index contributed by atoms with van der Waals surface area (Å²) in [4.78, 5) is 4.08. The van der Waals surface area contributed by atoms with Crippen LogP contribution < -0.4 is 4.31 Å². The second-order valence-corrected chi connectivity index (χ2v) is 6.40. The lowest BCUT2D eigenvalue weighted by Crippen LogP contribution is -2.26. The van der Waals surface area contributed by atoms with Crippen LogP contribution in [0.3, 0.4) is 0 Å². The molecule has 112 valence electrons. The quantitative estimate of drug-likeness (QED) is 0.709. The van der Waals surface area contributed by atoms with Gasteiger partial charge < -0.3 is 0 Å². The van der Waals surface area contributed by atoms with Gasteiger partial charge in [-0.1, -0.05) is 6.07 Å². The third-order valence-electron chi connectivity index (χ3n) is 3.10. The first-order valence-electron chi connectivity index (χ1n) is 6.31. The van der Waals surface area contributed by atoms with E-state index in [0.29, 0.717) is 11.4 Å². The summed E-state index contributed by atoms with van der Waals surface area (Å²) in [6.45, 7) is 0. The predicted molar refractivity (Wildman–Crippen MR) is 79.0 cm³/mol. The van der Waals surface area contributed by atoms with Gasteiger partial charge in [0.05, 0.1) is 22.5 Å². The minimum atomic E-state index is -3.69. The highest BCUT2D eigenvalue weighted by atomic mass is 32.2. The maximum atomic E-state index is 12.7. The summed E-state index contributed by atoms with van der Waals surface area (Å²) in [5, 5.41) is 10.8. The second-order valence-electron chi connectivity index (χ2n) is 4.44. The Hall–Kier alpha value is -2.81. The van der Waals surface area contributed by atoms with Gasteiger partial charge in [0, 0.05) is 13.2 Å². The molecule has 0 aliphatic rings. The largest absolute Gasteiger partial charge is 0.268 e. The van der Waals surface area contributed by atoms with Crippen molar-refractivity contribution in [3.63, 3.8) is 0 Å². The van der Waals surface area contributed by atoms with Gasteiger partial charge in [-0.25, -0.2) is 13.1 Å². The van der Waals surface area contributed by atoms with Gasteiger partial charge in [-0.3, -0.25) is 9.29 Å². The molecule has 1 aromatic carbocycles. The van der Waals surface area contributed by atoms with E-state index in [0.717, 1.165) is 0 Å². The molecule has 0 N–H and O–H groups in total. The predicted octanol–water partition coefficient (Wildman–Crippen LogP) is 0.882. The number of benzene rings is 1. The van der Waals surface area contributed by atoms with Crippen LogP contribution in [-0.2, 0) is 10.0 Å². The molecular weight excluding hydrogens is 304 g/mol. The van der Waals surface area contributed by atoms with E-state index in [-0.39, 0.29) is 4.90 Å². The molecule has 0 aliphatic carbocycles. The maximum absolute atomic E-state index is 12.7. The summed E-state index contributed by atoms with van der Waals surface area (Å²) in [5.74, 6) is 0. The molecule has 0 atom stereocenters. The number of sulfonamides is 1. The number of hydrogen-bond acceptors (Lipinski definition) is 6.